The predicted octanol–water partition coefficient (Wildman–Crippen LogP) is 2.69. The van der Waals surface area contributed by atoms with E-state index in [1.165, 1.54) is 11.3 Å². The van der Waals surface area contributed by atoms with Crippen molar-refractivity contribution in [2.45, 2.75) is 19.4 Å². The first-order valence-electron chi connectivity index (χ1n) is 7.95. The van der Waals surface area contributed by atoms with Gasteiger partial charge in [-0.25, -0.2) is 0 Å². The van der Waals surface area contributed by atoms with Crippen LogP contribution < -0.4 is 10.2 Å². The Morgan fingerprint density at radius 3 is 2.70 bits per heavy atom. The number of rotatable bonds is 6. The van der Waals surface area contributed by atoms with E-state index in [4.69, 9.17) is 0 Å². The topological polar surface area (TPSA) is 45.5 Å². The molecule has 1 N–H and O–H groups in total. The van der Waals surface area contributed by atoms with Crippen LogP contribution in [0, 0.1) is 0 Å². The van der Waals surface area contributed by atoms with Crippen LogP contribution in [0.3, 0.4) is 0 Å². The lowest BCUT2D eigenvalue weighted by Gasteiger charge is -2.22. The third-order valence-corrected chi connectivity index (χ3v) is 4.07. The molecule has 1 aromatic carbocycles. The number of hydrogen-bond donors (Lipinski definition) is 1. The van der Waals surface area contributed by atoms with Gasteiger partial charge < -0.3 is 10.2 Å². The molecule has 5 nitrogen and oxygen atoms in total. The average Bonchev–Trinajstić information content (AvgIpc) is 2.98. The second-order valence-electron chi connectivity index (χ2n) is 5.92. The van der Waals surface area contributed by atoms with E-state index in [-0.39, 0.29) is 6.04 Å². The molecular formula is C18H23N5. The molecule has 0 radical (unpaired) electrons. The van der Waals surface area contributed by atoms with Crippen molar-refractivity contribution in [3.05, 3.63) is 60.0 Å². The molecular weight excluding hydrogens is 286 g/mol. The Balaban J connectivity index is 1.65. The van der Waals surface area contributed by atoms with Crippen LogP contribution in [-0.4, -0.2) is 35.2 Å². The molecule has 2 heterocycles. The number of pyridine rings is 1. The summed E-state index contributed by atoms with van der Waals surface area (Å²) in [7, 11) is 4.15. The van der Waals surface area contributed by atoms with Gasteiger partial charge in [-0.2, -0.15) is 0 Å². The molecule has 0 saturated heterocycles. The van der Waals surface area contributed by atoms with Crippen LogP contribution in [0.15, 0.2) is 48.7 Å². The van der Waals surface area contributed by atoms with Crippen LogP contribution in [0.4, 0.5) is 5.69 Å². The summed E-state index contributed by atoms with van der Waals surface area (Å²) in [6, 6.07) is 14.7. The molecule has 23 heavy (non-hydrogen) atoms. The predicted molar refractivity (Wildman–Crippen MR) is 93.9 cm³/mol. The van der Waals surface area contributed by atoms with E-state index in [2.05, 4.69) is 65.7 Å². The van der Waals surface area contributed by atoms with Gasteiger partial charge in [0.15, 0.2) is 5.65 Å². The smallest absolute Gasteiger partial charge is 0.160 e. The fourth-order valence-electron chi connectivity index (χ4n) is 2.83. The SMILES string of the molecule is CC(NCCc1nnc2ccccn12)c1ccccc1N(C)C. The van der Waals surface area contributed by atoms with Crippen molar-refractivity contribution < 1.29 is 0 Å². The minimum atomic E-state index is 0.285. The summed E-state index contributed by atoms with van der Waals surface area (Å²) in [5, 5.41) is 12.1. The minimum Gasteiger partial charge on any atom is -0.377 e. The van der Waals surface area contributed by atoms with Gasteiger partial charge in [-0.15, -0.1) is 10.2 Å². The molecule has 0 aliphatic rings. The summed E-state index contributed by atoms with van der Waals surface area (Å²) in [5.41, 5.74) is 3.46. The summed E-state index contributed by atoms with van der Waals surface area (Å²) in [4.78, 5) is 2.15. The lowest BCUT2D eigenvalue weighted by Crippen LogP contribution is -2.24. The molecule has 0 aliphatic carbocycles. The quantitative estimate of drug-likeness (QED) is 0.760. The zero-order valence-electron chi connectivity index (χ0n) is 13.9. The Kier molecular flexibility index (Phi) is 4.57. The molecule has 3 aromatic rings. The van der Waals surface area contributed by atoms with Crippen molar-refractivity contribution in [1.82, 2.24) is 19.9 Å². The van der Waals surface area contributed by atoms with Gasteiger partial charge in [0.05, 0.1) is 0 Å². The fourth-order valence-corrected chi connectivity index (χ4v) is 2.83. The van der Waals surface area contributed by atoms with E-state index in [0.717, 1.165) is 24.4 Å². The zero-order valence-corrected chi connectivity index (χ0v) is 13.9. The van der Waals surface area contributed by atoms with Crippen LogP contribution in [0.25, 0.3) is 5.65 Å². The number of anilines is 1. The van der Waals surface area contributed by atoms with Crippen molar-refractivity contribution in [3.63, 3.8) is 0 Å². The molecule has 0 spiro atoms. The first kappa shape index (κ1) is 15.5. The van der Waals surface area contributed by atoms with Crippen LogP contribution in [-0.2, 0) is 6.42 Å². The van der Waals surface area contributed by atoms with Crippen LogP contribution in [0.2, 0.25) is 0 Å². The average molecular weight is 309 g/mol. The van der Waals surface area contributed by atoms with Gasteiger partial charge in [0, 0.05) is 45.0 Å². The van der Waals surface area contributed by atoms with Crippen molar-refractivity contribution in [2.24, 2.45) is 0 Å². The summed E-state index contributed by atoms with van der Waals surface area (Å²) in [6.07, 6.45) is 2.86. The number of hydrogen-bond acceptors (Lipinski definition) is 4. The Bertz CT molecular complexity index is 778. The first-order chi connectivity index (χ1) is 11.2. The second-order valence-corrected chi connectivity index (χ2v) is 5.92. The molecule has 5 heteroatoms. The number of aromatic nitrogens is 3. The van der Waals surface area contributed by atoms with E-state index in [1.807, 2.05) is 28.8 Å². The number of nitrogens with zero attached hydrogens (tertiary/aromatic N) is 4. The van der Waals surface area contributed by atoms with Crippen LogP contribution in [0.5, 0.6) is 0 Å². The van der Waals surface area contributed by atoms with Gasteiger partial charge in [0.25, 0.3) is 0 Å². The molecule has 0 aliphatic heterocycles. The third-order valence-electron chi connectivity index (χ3n) is 4.07. The standard InChI is InChI=1S/C18H23N5/c1-14(15-8-4-5-9-16(15)22(2)3)19-12-11-18-21-20-17-10-6-7-13-23(17)18/h4-10,13-14,19H,11-12H2,1-3H3. The number of nitrogens with one attached hydrogen (secondary N) is 1. The molecule has 1 unspecified atom stereocenters. The van der Waals surface area contributed by atoms with Crippen molar-refractivity contribution in [2.75, 3.05) is 25.5 Å². The highest BCUT2D eigenvalue weighted by atomic mass is 15.2. The molecule has 0 fully saturated rings. The lowest BCUT2D eigenvalue weighted by molar-refractivity contribution is 0.568. The van der Waals surface area contributed by atoms with Gasteiger partial charge in [-0.05, 0) is 30.7 Å². The molecule has 1 atom stereocenters. The highest BCUT2D eigenvalue weighted by molar-refractivity contribution is 5.53. The number of fused-ring (bicyclic) bond motifs is 1. The molecule has 120 valence electrons. The largest absolute Gasteiger partial charge is 0.377 e. The highest BCUT2D eigenvalue weighted by Gasteiger charge is 2.11. The first-order valence-corrected chi connectivity index (χ1v) is 7.95. The van der Waals surface area contributed by atoms with E-state index >= 15 is 0 Å². The van der Waals surface area contributed by atoms with Gasteiger partial charge in [0.2, 0.25) is 0 Å². The van der Waals surface area contributed by atoms with E-state index in [1.54, 1.807) is 0 Å². The van der Waals surface area contributed by atoms with Crippen molar-refractivity contribution in [1.29, 1.82) is 0 Å². The molecule has 0 bridgehead atoms. The van der Waals surface area contributed by atoms with Gasteiger partial charge in [0.1, 0.15) is 5.82 Å². The molecule has 0 saturated carbocycles. The Hall–Kier alpha value is -2.40. The second kappa shape index (κ2) is 6.79. The Morgan fingerprint density at radius 2 is 1.87 bits per heavy atom. The maximum absolute atomic E-state index is 4.28. The summed E-state index contributed by atoms with van der Waals surface area (Å²) >= 11 is 0. The lowest BCUT2D eigenvalue weighted by atomic mass is 10.1. The fraction of sp³-hybridized carbons (Fsp3) is 0.333. The van der Waals surface area contributed by atoms with Crippen LogP contribution >= 0.6 is 0 Å². The number of benzene rings is 1. The Morgan fingerprint density at radius 1 is 1.09 bits per heavy atom. The number of para-hydroxylation sites is 1. The highest BCUT2D eigenvalue weighted by Crippen LogP contribution is 2.24. The minimum absolute atomic E-state index is 0.285. The molecule has 0 amide bonds. The van der Waals surface area contributed by atoms with Gasteiger partial charge >= 0.3 is 0 Å². The molecule has 3 rings (SSSR count). The Labute approximate surface area is 137 Å². The monoisotopic (exact) mass is 309 g/mol. The molecule has 2 aromatic heterocycles. The van der Waals surface area contributed by atoms with E-state index < -0.39 is 0 Å². The summed E-state index contributed by atoms with van der Waals surface area (Å²) < 4.78 is 2.04. The van der Waals surface area contributed by atoms with Crippen LogP contribution in [0.1, 0.15) is 24.4 Å². The maximum atomic E-state index is 4.28. The van der Waals surface area contributed by atoms with E-state index in [9.17, 15) is 0 Å². The van der Waals surface area contributed by atoms with E-state index in [0.29, 0.717) is 0 Å². The maximum Gasteiger partial charge on any atom is 0.160 e. The summed E-state index contributed by atoms with van der Waals surface area (Å²) in [5.74, 6) is 0.987. The van der Waals surface area contributed by atoms with Gasteiger partial charge in [-0.1, -0.05) is 24.3 Å². The normalized spacial score (nSPS) is 12.5. The zero-order chi connectivity index (χ0) is 16.2. The van der Waals surface area contributed by atoms with Crippen molar-refractivity contribution in [3.8, 4) is 0 Å². The third kappa shape index (κ3) is 3.35. The summed E-state index contributed by atoms with van der Waals surface area (Å²) in [6.45, 7) is 3.06. The van der Waals surface area contributed by atoms with Crippen molar-refractivity contribution >= 4 is 11.3 Å². The van der Waals surface area contributed by atoms with Gasteiger partial charge in [-0.3, -0.25) is 4.40 Å².